The van der Waals surface area contributed by atoms with Crippen LogP contribution in [0, 0.1) is 5.82 Å². The van der Waals surface area contributed by atoms with Gasteiger partial charge in [-0.1, -0.05) is 12.1 Å². The van der Waals surface area contributed by atoms with E-state index in [1.54, 1.807) is 23.1 Å². The molecule has 1 aliphatic heterocycles. The van der Waals surface area contributed by atoms with Crippen molar-refractivity contribution in [3.05, 3.63) is 41.7 Å². The SMILES string of the molecule is O=C(O)CCN(C(=O)C=Cc1cccc(F)c1)C1CCOCC1. The van der Waals surface area contributed by atoms with E-state index in [1.165, 1.54) is 18.2 Å². The third-order valence-corrected chi connectivity index (χ3v) is 3.75. The molecular formula is C17H20FNO4. The summed E-state index contributed by atoms with van der Waals surface area (Å²) in [4.78, 5) is 24.8. The second-order valence-electron chi connectivity index (χ2n) is 5.41. The van der Waals surface area contributed by atoms with Crippen LogP contribution in [-0.4, -0.2) is 47.7 Å². The van der Waals surface area contributed by atoms with Crippen molar-refractivity contribution in [1.82, 2.24) is 4.90 Å². The van der Waals surface area contributed by atoms with Crippen LogP contribution in [0.5, 0.6) is 0 Å². The van der Waals surface area contributed by atoms with Crippen LogP contribution in [0.3, 0.4) is 0 Å². The molecule has 0 unspecified atom stereocenters. The van der Waals surface area contributed by atoms with Crippen LogP contribution < -0.4 is 0 Å². The zero-order chi connectivity index (χ0) is 16.7. The average Bonchev–Trinajstić information content (AvgIpc) is 2.54. The lowest BCUT2D eigenvalue weighted by molar-refractivity contribution is -0.138. The maximum atomic E-state index is 13.1. The molecule has 0 aromatic heterocycles. The molecule has 0 bridgehead atoms. The number of nitrogens with zero attached hydrogens (tertiary/aromatic N) is 1. The maximum Gasteiger partial charge on any atom is 0.305 e. The Morgan fingerprint density at radius 2 is 2.09 bits per heavy atom. The lowest BCUT2D eigenvalue weighted by atomic mass is 10.1. The fourth-order valence-electron chi connectivity index (χ4n) is 2.56. The Hall–Kier alpha value is -2.21. The van der Waals surface area contributed by atoms with Crippen LogP contribution in [0.4, 0.5) is 4.39 Å². The van der Waals surface area contributed by atoms with E-state index in [0.717, 1.165) is 0 Å². The maximum absolute atomic E-state index is 13.1. The van der Waals surface area contributed by atoms with Crippen molar-refractivity contribution in [2.45, 2.75) is 25.3 Å². The fraction of sp³-hybridized carbons (Fsp3) is 0.412. The first-order chi connectivity index (χ1) is 11.1. The van der Waals surface area contributed by atoms with Crippen molar-refractivity contribution in [3.63, 3.8) is 0 Å². The highest BCUT2D eigenvalue weighted by atomic mass is 19.1. The second-order valence-corrected chi connectivity index (χ2v) is 5.41. The number of carboxylic acid groups (broad SMARTS) is 1. The molecule has 1 fully saturated rings. The van der Waals surface area contributed by atoms with E-state index in [1.807, 2.05) is 0 Å². The Morgan fingerprint density at radius 1 is 1.35 bits per heavy atom. The van der Waals surface area contributed by atoms with Crippen LogP contribution in [0.15, 0.2) is 30.3 Å². The summed E-state index contributed by atoms with van der Waals surface area (Å²) in [6.45, 7) is 1.29. The molecule has 1 N–H and O–H groups in total. The van der Waals surface area contributed by atoms with Crippen molar-refractivity contribution in [2.75, 3.05) is 19.8 Å². The number of hydrogen-bond acceptors (Lipinski definition) is 3. The molecule has 0 radical (unpaired) electrons. The zero-order valence-corrected chi connectivity index (χ0v) is 12.8. The van der Waals surface area contributed by atoms with E-state index in [0.29, 0.717) is 31.6 Å². The van der Waals surface area contributed by atoms with Gasteiger partial charge < -0.3 is 14.7 Å². The molecule has 23 heavy (non-hydrogen) atoms. The molecule has 0 saturated carbocycles. The monoisotopic (exact) mass is 321 g/mol. The number of benzene rings is 1. The summed E-state index contributed by atoms with van der Waals surface area (Å²) >= 11 is 0. The molecule has 0 aliphatic carbocycles. The summed E-state index contributed by atoms with van der Waals surface area (Å²) in [6.07, 6.45) is 4.19. The van der Waals surface area contributed by atoms with E-state index >= 15 is 0 Å². The van der Waals surface area contributed by atoms with Crippen LogP contribution >= 0.6 is 0 Å². The fourth-order valence-corrected chi connectivity index (χ4v) is 2.56. The lowest BCUT2D eigenvalue weighted by Crippen LogP contribution is -2.43. The van der Waals surface area contributed by atoms with Gasteiger partial charge in [-0.15, -0.1) is 0 Å². The molecule has 5 nitrogen and oxygen atoms in total. The molecule has 1 aliphatic rings. The summed E-state index contributed by atoms with van der Waals surface area (Å²) in [5.41, 5.74) is 0.587. The number of carbonyl (C=O) groups excluding carboxylic acids is 1. The number of halogens is 1. The normalized spacial score (nSPS) is 15.7. The van der Waals surface area contributed by atoms with Gasteiger partial charge in [0.25, 0.3) is 0 Å². The first kappa shape index (κ1) is 17.1. The van der Waals surface area contributed by atoms with Crippen molar-refractivity contribution >= 4 is 18.0 Å². The number of ether oxygens (including phenoxy) is 1. The smallest absolute Gasteiger partial charge is 0.305 e. The summed E-state index contributed by atoms with van der Waals surface area (Å²) < 4.78 is 18.4. The lowest BCUT2D eigenvalue weighted by Gasteiger charge is -2.33. The minimum Gasteiger partial charge on any atom is -0.481 e. The number of carbonyl (C=O) groups is 2. The number of amides is 1. The predicted molar refractivity (Wildman–Crippen MR) is 83.2 cm³/mol. The Kier molecular flexibility index (Phi) is 6.29. The minimum atomic E-state index is -0.941. The van der Waals surface area contributed by atoms with Gasteiger partial charge in [0, 0.05) is 31.9 Å². The first-order valence-electron chi connectivity index (χ1n) is 7.60. The zero-order valence-electron chi connectivity index (χ0n) is 12.8. The average molecular weight is 321 g/mol. The molecule has 2 rings (SSSR count). The van der Waals surface area contributed by atoms with Crippen molar-refractivity contribution in [1.29, 1.82) is 0 Å². The molecule has 6 heteroatoms. The van der Waals surface area contributed by atoms with E-state index < -0.39 is 5.97 Å². The number of carboxylic acids is 1. The first-order valence-corrected chi connectivity index (χ1v) is 7.60. The summed E-state index contributed by atoms with van der Waals surface area (Å²) in [6, 6.07) is 5.91. The highest BCUT2D eigenvalue weighted by Gasteiger charge is 2.24. The second kappa shape index (κ2) is 8.43. The van der Waals surface area contributed by atoms with Gasteiger partial charge in [0.1, 0.15) is 5.82 Å². The molecule has 0 spiro atoms. The van der Waals surface area contributed by atoms with Gasteiger partial charge in [0.15, 0.2) is 0 Å². The van der Waals surface area contributed by atoms with Gasteiger partial charge >= 0.3 is 5.97 Å². The van der Waals surface area contributed by atoms with E-state index in [2.05, 4.69) is 0 Å². The Bertz CT molecular complexity index is 582. The van der Waals surface area contributed by atoms with Gasteiger partial charge in [-0.05, 0) is 36.6 Å². The number of rotatable bonds is 6. The van der Waals surface area contributed by atoms with Gasteiger partial charge in [-0.2, -0.15) is 0 Å². The van der Waals surface area contributed by atoms with Crippen LogP contribution in [0.25, 0.3) is 6.08 Å². The van der Waals surface area contributed by atoms with Gasteiger partial charge in [0.2, 0.25) is 5.91 Å². The summed E-state index contributed by atoms with van der Waals surface area (Å²) in [5, 5.41) is 8.86. The molecule has 124 valence electrons. The standard InChI is InChI=1S/C17H20FNO4/c18-14-3-1-2-13(12-14)4-5-16(20)19(9-6-17(21)22)15-7-10-23-11-8-15/h1-5,12,15H,6-11H2,(H,21,22). The third-order valence-electron chi connectivity index (χ3n) is 3.75. The minimum absolute atomic E-state index is 0.0206. The molecule has 1 amide bonds. The Balaban J connectivity index is 2.06. The summed E-state index contributed by atoms with van der Waals surface area (Å²) in [5.74, 6) is -1.57. The molecule has 1 aromatic rings. The largest absolute Gasteiger partial charge is 0.481 e. The van der Waals surface area contributed by atoms with E-state index in [-0.39, 0.29) is 30.7 Å². The highest BCUT2D eigenvalue weighted by Crippen LogP contribution is 2.16. The molecule has 1 heterocycles. The molecule has 1 aromatic carbocycles. The Morgan fingerprint density at radius 3 is 2.74 bits per heavy atom. The van der Waals surface area contributed by atoms with Crippen LogP contribution in [-0.2, 0) is 14.3 Å². The van der Waals surface area contributed by atoms with Gasteiger partial charge in [-0.25, -0.2) is 4.39 Å². The third kappa shape index (κ3) is 5.49. The van der Waals surface area contributed by atoms with Gasteiger partial charge in [0.05, 0.1) is 6.42 Å². The van der Waals surface area contributed by atoms with Crippen molar-refractivity contribution in [2.24, 2.45) is 0 Å². The molecule has 0 atom stereocenters. The highest BCUT2D eigenvalue weighted by molar-refractivity contribution is 5.92. The number of hydrogen-bond donors (Lipinski definition) is 1. The van der Waals surface area contributed by atoms with Crippen LogP contribution in [0.2, 0.25) is 0 Å². The number of aliphatic carboxylic acids is 1. The van der Waals surface area contributed by atoms with E-state index in [4.69, 9.17) is 9.84 Å². The topological polar surface area (TPSA) is 66.8 Å². The van der Waals surface area contributed by atoms with Crippen molar-refractivity contribution < 1.29 is 23.8 Å². The van der Waals surface area contributed by atoms with Crippen LogP contribution in [0.1, 0.15) is 24.8 Å². The predicted octanol–water partition coefficient (Wildman–Crippen LogP) is 2.32. The Labute approximate surface area is 134 Å². The van der Waals surface area contributed by atoms with E-state index in [9.17, 15) is 14.0 Å². The van der Waals surface area contributed by atoms with Crippen molar-refractivity contribution in [3.8, 4) is 0 Å². The quantitative estimate of drug-likeness (QED) is 0.817. The summed E-state index contributed by atoms with van der Waals surface area (Å²) in [7, 11) is 0. The van der Waals surface area contributed by atoms with Gasteiger partial charge in [-0.3, -0.25) is 9.59 Å². The molecular weight excluding hydrogens is 301 g/mol. The molecule has 1 saturated heterocycles.